The third kappa shape index (κ3) is 3.14. The summed E-state index contributed by atoms with van der Waals surface area (Å²) in [6, 6.07) is 0. The number of hydrogen-bond donors (Lipinski definition) is 1. The lowest BCUT2D eigenvalue weighted by Gasteiger charge is -2.03. The van der Waals surface area contributed by atoms with E-state index in [1.165, 1.54) is 6.33 Å². The van der Waals surface area contributed by atoms with Crippen LogP contribution in [0.15, 0.2) is 11.4 Å². The molecule has 13 heavy (non-hydrogen) atoms. The van der Waals surface area contributed by atoms with E-state index >= 15 is 0 Å². The second kappa shape index (κ2) is 5.42. The molecule has 0 saturated heterocycles. The lowest BCUT2D eigenvalue weighted by atomic mass is 10.4. The number of hydrogen-bond acceptors (Lipinski definition) is 4. The summed E-state index contributed by atoms with van der Waals surface area (Å²) in [6.45, 7) is 2.11. The Morgan fingerprint density at radius 1 is 1.54 bits per heavy atom. The topological polar surface area (TPSA) is 46.0 Å². The normalized spacial score (nSPS) is 10.4. The molecule has 0 aliphatic heterocycles. The monoisotopic (exact) mass is 218 g/mol. The van der Waals surface area contributed by atoms with Crippen LogP contribution in [0.3, 0.4) is 0 Å². The average Bonchev–Trinajstić information content (AvgIpc) is 2.13. The highest BCUT2D eigenvalue weighted by atomic mass is 35.5. The zero-order chi connectivity index (χ0) is 9.68. The average molecular weight is 219 g/mol. The fraction of sp³-hybridized carbons (Fsp3) is 0.500. The quantitative estimate of drug-likeness (QED) is 0.477. The van der Waals surface area contributed by atoms with Crippen LogP contribution in [-0.4, -0.2) is 27.4 Å². The summed E-state index contributed by atoms with van der Waals surface area (Å²) in [5.74, 6) is 0.852. The predicted molar refractivity (Wildman–Crippen MR) is 54.2 cm³/mol. The number of aliphatic hydroxyl groups excluding tert-OH is 1. The minimum absolute atomic E-state index is 0.213. The maximum Gasteiger partial charge on any atom is 0.136 e. The molecule has 0 aliphatic carbocycles. The van der Waals surface area contributed by atoms with Crippen molar-refractivity contribution in [3.8, 4) is 0 Å². The van der Waals surface area contributed by atoms with Crippen LogP contribution in [0.4, 0.5) is 0 Å². The van der Waals surface area contributed by atoms with E-state index in [2.05, 4.69) is 9.97 Å². The minimum atomic E-state index is 0.213. The van der Waals surface area contributed by atoms with Crippen LogP contribution >= 0.6 is 23.4 Å². The van der Waals surface area contributed by atoms with E-state index in [4.69, 9.17) is 16.7 Å². The molecule has 5 heteroatoms. The van der Waals surface area contributed by atoms with Gasteiger partial charge in [0.2, 0.25) is 0 Å². The Bertz CT molecular complexity index is 283. The molecule has 0 radical (unpaired) electrons. The van der Waals surface area contributed by atoms with Crippen molar-refractivity contribution in [3.63, 3.8) is 0 Å². The summed E-state index contributed by atoms with van der Waals surface area (Å²) in [5.41, 5.74) is 0.909. The van der Waals surface area contributed by atoms with Gasteiger partial charge in [0.05, 0.1) is 0 Å². The second-order valence-electron chi connectivity index (χ2n) is 2.52. The number of aliphatic hydroxyl groups is 1. The fourth-order valence-electron chi connectivity index (χ4n) is 0.793. The highest BCUT2D eigenvalue weighted by Gasteiger charge is 2.04. The van der Waals surface area contributed by atoms with E-state index in [9.17, 15) is 0 Å². The standard InChI is InChI=1S/C8H11ClN2OS/c1-6-7(9)10-5-11-8(6)13-4-2-3-12/h5,12H,2-4H2,1H3. The van der Waals surface area contributed by atoms with Crippen LogP contribution in [-0.2, 0) is 0 Å². The molecule has 1 heterocycles. The Morgan fingerprint density at radius 2 is 2.31 bits per heavy atom. The minimum Gasteiger partial charge on any atom is -0.396 e. The van der Waals surface area contributed by atoms with Crippen molar-refractivity contribution in [2.45, 2.75) is 18.4 Å². The molecule has 72 valence electrons. The molecule has 1 aromatic rings. The van der Waals surface area contributed by atoms with E-state index in [-0.39, 0.29) is 6.61 Å². The van der Waals surface area contributed by atoms with E-state index in [0.717, 1.165) is 22.8 Å². The van der Waals surface area contributed by atoms with Gasteiger partial charge >= 0.3 is 0 Å². The lowest BCUT2D eigenvalue weighted by molar-refractivity contribution is 0.296. The Kier molecular flexibility index (Phi) is 4.48. The Morgan fingerprint density at radius 3 is 3.00 bits per heavy atom. The number of thioether (sulfide) groups is 1. The van der Waals surface area contributed by atoms with Gasteiger partial charge in [0.1, 0.15) is 16.5 Å². The van der Waals surface area contributed by atoms with Gasteiger partial charge in [-0.3, -0.25) is 0 Å². The third-order valence-electron chi connectivity index (χ3n) is 1.52. The summed E-state index contributed by atoms with van der Waals surface area (Å²) in [5, 5.41) is 9.99. The van der Waals surface area contributed by atoms with Gasteiger partial charge < -0.3 is 5.11 Å². The summed E-state index contributed by atoms with van der Waals surface area (Å²) in [7, 11) is 0. The molecule has 0 saturated carbocycles. The lowest BCUT2D eigenvalue weighted by Crippen LogP contribution is -1.92. The van der Waals surface area contributed by atoms with Crippen LogP contribution in [0.25, 0.3) is 0 Å². The summed E-state index contributed by atoms with van der Waals surface area (Å²) >= 11 is 7.40. The summed E-state index contributed by atoms with van der Waals surface area (Å²) in [4.78, 5) is 7.96. The summed E-state index contributed by atoms with van der Waals surface area (Å²) < 4.78 is 0. The Balaban J connectivity index is 2.61. The molecule has 0 aromatic carbocycles. The van der Waals surface area contributed by atoms with Crippen molar-refractivity contribution >= 4 is 23.4 Å². The first-order chi connectivity index (χ1) is 6.25. The van der Waals surface area contributed by atoms with Crippen molar-refractivity contribution in [1.29, 1.82) is 0 Å². The number of aromatic nitrogens is 2. The molecule has 0 atom stereocenters. The zero-order valence-electron chi connectivity index (χ0n) is 7.33. The van der Waals surface area contributed by atoms with E-state index in [0.29, 0.717) is 5.15 Å². The van der Waals surface area contributed by atoms with Crippen molar-refractivity contribution in [2.24, 2.45) is 0 Å². The van der Waals surface area contributed by atoms with Gasteiger partial charge in [-0.1, -0.05) is 11.6 Å². The first-order valence-electron chi connectivity index (χ1n) is 3.96. The second-order valence-corrected chi connectivity index (χ2v) is 3.96. The van der Waals surface area contributed by atoms with Crippen molar-refractivity contribution < 1.29 is 5.11 Å². The largest absolute Gasteiger partial charge is 0.396 e. The number of nitrogens with zero attached hydrogens (tertiary/aromatic N) is 2. The number of halogens is 1. The summed E-state index contributed by atoms with van der Waals surface area (Å²) in [6.07, 6.45) is 2.22. The van der Waals surface area contributed by atoms with Gasteiger partial charge in [-0.05, 0) is 13.3 Å². The molecule has 0 bridgehead atoms. The predicted octanol–water partition coefficient (Wildman–Crippen LogP) is 1.91. The number of rotatable bonds is 4. The molecule has 0 aliphatic rings. The van der Waals surface area contributed by atoms with Crippen molar-refractivity contribution in [1.82, 2.24) is 9.97 Å². The van der Waals surface area contributed by atoms with Gasteiger partial charge in [-0.15, -0.1) is 11.8 Å². The smallest absolute Gasteiger partial charge is 0.136 e. The van der Waals surface area contributed by atoms with E-state index < -0.39 is 0 Å². The molecule has 1 aromatic heterocycles. The molecular formula is C8H11ClN2OS. The van der Waals surface area contributed by atoms with Gasteiger partial charge in [0.15, 0.2) is 0 Å². The molecular weight excluding hydrogens is 208 g/mol. The van der Waals surface area contributed by atoms with Gasteiger partial charge in [-0.2, -0.15) is 0 Å². The highest BCUT2D eigenvalue weighted by Crippen LogP contribution is 2.23. The van der Waals surface area contributed by atoms with Crippen molar-refractivity contribution in [3.05, 3.63) is 17.0 Å². The Hall–Kier alpha value is -0.320. The van der Waals surface area contributed by atoms with Gasteiger partial charge in [0.25, 0.3) is 0 Å². The van der Waals surface area contributed by atoms with Crippen LogP contribution in [0.5, 0.6) is 0 Å². The molecule has 1 N–H and O–H groups in total. The van der Waals surface area contributed by atoms with Crippen LogP contribution in [0.2, 0.25) is 5.15 Å². The fourth-order valence-corrected chi connectivity index (χ4v) is 1.88. The first-order valence-corrected chi connectivity index (χ1v) is 5.33. The maximum atomic E-state index is 8.60. The van der Waals surface area contributed by atoms with Crippen LogP contribution < -0.4 is 0 Å². The van der Waals surface area contributed by atoms with Crippen LogP contribution in [0.1, 0.15) is 12.0 Å². The molecule has 0 spiro atoms. The maximum absolute atomic E-state index is 8.60. The molecule has 0 unspecified atom stereocenters. The van der Waals surface area contributed by atoms with E-state index in [1.807, 2.05) is 6.92 Å². The SMILES string of the molecule is Cc1c(Cl)ncnc1SCCCO. The third-order valence-corrected chi connectivity index (χ3v) is 3.08. The molecule has 0 amide bonds. The van der Waals surface area contributed by atoms with Crippen molar-refractivity contribution in [2.75, 3.05) is 12.4 Å². The van der Waals surface area contributed by atoms with Gasteiger partial charge in [-0.25, -0.2) is 9.97 Å². The highest BCUT2D eigenvalue weighted by molar-refractivity contribution is 7.99. The van der Waals surface area contributed by atoms with E-state index in [1.54, 1.807) is 11.8 Å². The molecule has 3 nitrogen and oxygen atoms in total. The van der Waals surface area contributed by atoms with Crippen LogP contribution in [0, 0.1) is 6.92 Å². The molecule has 1 rings (SSSR count). The zero-order valence-corrected chi connectivity index (χ0v) is 8.90. The van der Waals surface area contributed by atoms with Gasteiger partial charge in [0, 0.05) is 17.9 Å². The molecule has 0 fully saturated rings. The Labute approximate surface area is 86.6 Å². The first kappa shape index (κ1) is 10.8.